The van der Waals surface area contributed by atoms with Crippen molar-refractivity contribution < 1.29 is 32.6 Å². The van der Waals surface area contributed by atoms with Crippen LogP contribution in [0.5, 0.6) is 5.75 Å². The van der Waals surface area contributed by atoms with Crippen molar-refractivity contribution in [1.82, 2.24) is 24.6 Å². The van der Waals surface area contributed by atoms with E-state index in [9.17, 15) is 18.0 Å². The predicted molar refractivity (Wildman–Crippen MR) is 123 cm³/mol. The Balaban J connectivity index is 0.000000384. The van der Waals surface area contributed by atoms with Gasteiger partial charge in [-0.3, -0.25) is 9.69 Å². The molecule has 0 saturated carbocycles. The Morgan fingerprint density at radius 3 is 2.47 bits per heavy atom. The molecule has 2 atom stereocenters. The number of fused-ring (bicyclic) bond motifs is 2. The van der Waals surface area contributed by atoms with Gasteiger partial charge in [0.05, 0.1) is 13.7 Å². The fraction of sp³-hybridized carbons (Fsp3) is 0.409. The van der Waals surface area contributed by atoms with E-state index in [1.54, 1.807) is 18.4 Å². The molecule has 1 aromatic carbocycles. The van der Waals surface area contributed by atoms with E-state index in [1.807, 2.05) is 40.4 Å². The van der Waals surface area contributed by atoms with Crippen LogP contribution in [0.25, 0.3) is 0 Å². The topological polar surface area (TPSA) is 122 Å². The number of anilines is 1. The number of carbonyl (C=O) groups excluding carboxylic acids is 1. The molecule has 2 unspecified atom stereocenters. The lowest BCUT2D eigenvalue weighted by atomic mass is 9.89. The summed E-state index contributed by atoms with van der Waals surface area (Å²) in [6.45, 7) is 3.74. The molecule has 2 aliphatic rings. The highest BCUT2D eigenvalue weighted by atomic mass is 32.1. The standard InChI is InChI=1S/C20H22N6O2S.C2HF3O2/c1-28-16-4-2-15(3-5-16)22-20(27)19-24-23-17-8-13-9-25(10-14(13)11-26(17)19)12-18-21-6-7-29-18;3-2(4,5)1(6)7/h2-7,13-14H,8-12H2,1H3,(H,22,27);(H,6,7). The maximum Gasteiger partial charge on any atom is 0.490 e. The average Bonchev–Trinajstić information content (AvgIpc) is 3.57. The minimum Gasteiger partial charge on any atom is -0.497 e. The molecule has 0 spiro atoms. The van der Waals surface area contributed by atoms with Gasteiger partial charge in [-0.05, 0) is 36.1 Å². The van der Waals surface area contributed by atoms with E-state index < -0.39 is 12.1 Å². The number of methoxy groups -OCH3 is 1. The van der Waals surface area contributed by atoms with Gasteiger partial charge in [0.25, 0.3) is 5.91 Å². The van der Waals surface area contributed by atoms with Crippen molar-refractivity contribution in [2.75, 3.05) is 25.5 Å². The van der Waals surface area contributed by atoms with Gasteiger partial charge >= 0.3 is 12.1 Å². The Kier molecular flexibility index (Phi) is 7.54. The molecule has 4 heterocycles. The van der Waals surface area contributed by atoms with Gasteiger partial charge in [-0.25, -0.2) is 9.78 Å². The summed E-state index contributed by atoms with van der Waals surface area (Å²) in [5.41, 5.74) is 0.706. The third kappa shape index (κ3) is 5.99. The van der Waals surface area contributed by atoms with Crippen LogP contribution in [0, 0.1) is 11.8 Å². The molecule has 10 nitrogen and oxygen atoms in total. The second-order valence-corrected chi connectivity index (χ2v) is 9.36. The lowest BCUT2D eigenvalue weighted by Gasteiger charge is -2.25. The highest BCUT2D eigenvalue weighted by Gasteiger charge is 2.39. The molecule has 0 aliphatic carbocycles. The Morgan fingerprint density at radius 1 is 1.17 bits per heavy atom. The van der Waals surface area contributed by atoms with Gasteiger partial charge in [-0.1, -0.05) is 0 Å². The first kappa shape index (κ1) is 25.6. The summed E-state index contributed by atoms with van der Waals surface area (Å²) in [6, 6.07) is 7.26. The summed E-state index contributed by atoms with van der Waals surface area (Å²) < 4.78 is 38.9. The molecule has 192 valence electrons. The summed E-state index contributed by atoms with van der Waals surface area (Å²) in [5.74, 6) is 0.111. The highest BCUT2D eigenvalue weighted by Crippen LogP contribution is 2.33. The lowest BCUT2D eigenvalue weighted by Crippen LogP contribution is -2.31. The lowest BCUT2D eigenvalue weighted by molar-refractivity contribution is -0.192. The van der Waals surface area contributed by atoms with E-state index in [2.05, 4.69) is 25.4 Å². The molecule has 2 aliphatic heterocycles. The van der Waals surface area contributed by atoms with Crippen LogP contribution in [0.15, 0.2) is 35.8 Å². The molecular formula is C22H23F3N6O4S. The molecule has 2 aromatic heterocycles. The molecule has 1 saturated heterocycles. The molecule has 1 fully saturated rings. The molecular weight excluding hydrogens is 501 g/mol. The summed E-state index contributed by atoms with van der Waals surface area (Å²) in [5, 5.41) is 21.7. The SMILES string of the molecule is COc1ccc(NC(=O)c2nnc3n2CC2CN(Cc4nccs4)CC2C3)cc1.O=C(O)C(F)(F)F. The van der Waals surface area contributed by atoms with E-state index >= 15 is 0 Å². The molecule has 0 bridgehead atoms. The third-order valence-corrected chi connectivity index (χ3v) is 6.74. The van der Waals surface area contributed by atoms with Crippen molar-refractivity contribution >= 4 is 28.9 Å². The number of ether oxygens (including phenoxy) is 1. The maximum atomic E-state index is 12.8. The fourth-order valence-electron chi connectivity index (χ4n) is 4.30. The van der Waals surface area contributed by atoms with Crippen molar-refractivity contribution in [2.45, 2.75) is 25.7 Å². The van der Waals surface area contributed by atoms with Crippen LogP contribution in [0.4, 0.5) is 18.9 Å². The quantitative estimate of drug-likeness (QED) is 0.523. The number of hydrogen-bond donors (Lipinski definition) is 2. The van der Waals surface area contributed by atoms with E-state index in [-0.39, 0.29) is 5.91 Å². The minimum absolute atomic E-state index is 0.231. The summed E-state index contributed by atoms with van der Waals surface area (Å²) in [4.78, 5) is 28.5. The number of likely N-dealkylation sites (tertiary alicyclic amines) is 1. The van der Waals surface area contributed by atoms with Crippen molar-refractivity contribution in [3.8, 4) is 5.75 Å². The average molecular weight is 525 g/mol. The molecule has 2 N–H and O–H groups in total. The molecule has 0 radical (unpaired) electrons. The Bertz CT molecular complexity index is 1200. The number of carbonyl (C=O) groups is 2. The van der Waals surface area contributed by atoms with Gasteiger partial charge in [0, 0.05) is 43.3 Å². The number of aromatic nitrogens is 4. The molecule has 5 rings (SSSR count). The molecule has 3 aromatic rings. The van der Waals surface area contributed by atoms with Crippen molar-refractivity contribution in [3.63, 3.8) is 0 Å². The van der Waals surface area contributed by atoms with Gasteiger partial charge < -0.3 is 19.7 Å². The van der Waals surface area contributed by atoms with E-state index in [1.165, 1.54) is 0 Å². The summed E-state index contributed by atoms with van der Waals surface area (Å²) >= 11 is 1.70. The van der Waals surface area contributed by atoms with Crippen molar-refractivity contribution in [1.29, 1.82) is 0 Å². The van der Waals surface area contributed by atoms with Crippen LogP contribution >= 0.6 is 11.3 Å². The second kappa shape index (κ2) is 10.6. The van der Waals surface area contributed by atoms with E-state index in [0.717, 1.165) is 49.2 Å². The highest BCUT2D eigenvalue weighted by molar-refractivity contribution is 7.09. The zero-order valence-corrected chi connectivity index (χ0v) is 19.9. The van der Waals surface area contributed by atoms with Gasteiger partial charge in [0.1, 0.15) is 16.6 Å². The first-order valence-electron chi connectivity index (χ1n) is 10.9. The second-order valence-electron chi connectivity index (χ2n) is 8.38. The van der Waals surface area contributed by atoms with Gasteiger partial charge in [0.15, 0.2) is 0 Å². The number of halogens is 3. The fourth-order valence-corrected chi connectivity index (χ4v) is 4.96. The number of aliphatic carboxylic acids is 1. The number of rotatable bonds is 5. The number of nitrogens with one attached hydrogen (secondary N) is 1. The van der Waals surface area contributed by atoms with Crippen molar-refractivity contribution in [3.05, 3.63) is 52.5 Å². The summed E-state index contributed by atoms with van der Waals surface area (Å²) in [7, 11) is 1.62. The Labute approximate surface area is 207 Å². The number of nitrogens with zero attached hydrogens (tertiary/aromatic N) is 5. The van der Waals surface area contributed by atoms with E-state index in [0.29, 0.717) is 23.3 Å². The number of amides is 1. The van der Waals surface area contributed by atoms with Crippen LogP contribution < -0.4 is 10.1 Å². The first-order valence-corrected chi connectivity index (χ1v) is 11.8. The maximum absolute atomic E-state index is 12.8. The van der Waals surface area contributed by atoms with Crippen LogP contribution in [-0.4, -0.2) is 68.0 Å². The van der Waals surface area contributed by atoms with Crippen LogP contribution in [-0.2, 0) is 24.3 Å². The molecule has 1 amide bonds. The van der Waals surface area contributed by atoms with Crippen molar-refractivity contribution in [2.24, 2.45) is 11.8 Å². The molecule has 14 heteroatoms. The number of benzene rings is 1. The predicted octanol–water partition coefficient (Wildman–Crippen LogP) is 2.93. The molecule has 36 heavy (non-hydrogen) atoms. The normalized spacial score (nSPS) is 19.0. The van der Waals surface area contributed by atoms with Crippen LogP contribution in [0.1, 0.15) is 21.5 Å². The monoisotopic (exact) mass is 524 g/mol. The number of carboxylic acids is 1. The Hall–Kier alpha value is -3.52. The van der Waals surface area contributed by atoms with E-state index in [4.69, 9.17) is 14.6 Å². The number of hydrogen-bond acceptors (Lipinski definition) is 8. The van der Waals surface area contributed by atoms with Gasteiger partial charge in [0.2, 0.25) is 5.82 Å². The largest absolute Gasteiger partial charge is 0.497 e. The van der Waals surface area contributed by atoms with Crippen LogP contribution in [0.2, 0.25) is 0 Å². The number of alkyl halides is 3. The zero-order chi connectivity index (χ0) is 25.9. The third-order valence-electron chi connectivity index (χ3n) is 5.98. The Morgan fingerprint density at radius 2 is 1.86 bits per heavy atom. The minimum atomic E-state index is -5.08. The van der Waals surface area contributed by atoms with Gasteiger partial charge in [-0.2, -0.15) is 13.2 Å². The van der Waals surface area contributed by atoms with Crippen LogP contribution in [0.3, 0.4) is 0 Å². The van der Waals surface area contributed by atoms with Gasteiger partial charge in [-0.15, -0.1) is 21.5 Å². The number of carboxylic acid groups (broad SMARTS) is 1. The zero-order valence-electron chi connectivity index (χ0n) is 19.1. The smallest absolute Gasteiger partial charge is 0.490 e. The first-order chi connectivity index (χ1) is 17.1. The summed E-state index contributed by atoms with van der Waals surface area (Å²) in [6.07, 6.45) is -2.36. The number of thiazole rings is 1.